The summed E-state index contributed by atoms with van der Waals surface area (Å²) in [5, 5.41) is 43.7. The second kappa shape index (κ2) is 6.72. The highest BCUT2D eigenvalue weighted by atomic mass is 16.7. The Kier molecular flexibility index (Phi) is 4.97. The van der Waals surface area contributed by atoms with E-state index in [4.69, 9.17) is 20.1 Å². The van der Waals surface area contributed by atoms with Crippen molar-refractivity contribution < 1.29 is 29.9 Å². The third-order valence-electron chi connectivity index (χ3n) is 3.09. The number of nitrogens with zero attached hydrogens (tertiary/aromatic N) is 3. The van der Waals surface area contributed by atoms with Crippen molar-refractivity contribution in [1.82, 2.24) is 0 Å². The molecule has 0 bridgehead atoms. The van der Waals surface area contributed by atoms with E-state index in [0.29, 0.717) is 5.69 Å². The lowest BCUT2D eigenvalue weighted by Gasteiger charge is -2.45. The second-order valence-electron chi connectivity index (χ2n) is 4.47. The minimum atomic E-state index is -1.75. The van der Waals surface area contributed by atoms with Gasteiger partial charge in [-0.1, -0.05) is 5.11 Å². The maximum atomic E-state index is 11.8. The summed E-state index contributed by atoms with van der Waals surface area (Å²) in [5.41, 5.74) is 8.65. The van der Waals surface area contributed by atoms with Crippen LogP contribution in [0.4, 0.5) is 5.69 Å². The molecule has 3 N–H and O–H groups in total. The average molecular weight is 296 g/mol. The van der Waals surface area contributed by atoms with E-state index < -0.39 is 37.3 Å². The second-order valence-corrected chi connectivity index (χ2v) is 4.47. The minimum Gasteiger partial charge on any atom is -0.828 e. The maximum Gasteiger partial charge on any atom is 0.138 e. The topological polar surface area (TPSA) is 151 Å². The van der Waals surface area contributed by atoms with Crippen molar-refractivity contribution in [3.63, 3.8) is 0 Å². The van der Waals surface area contributed by atoms with Gasteiger partial charge in [0.2, 0.25) is 0 Å². The number of benzene rings is 1. The molecule has 1 unspecified atom stereocenters. The Labute approximate surface area is 119 Å². The van der Waals surface area contributed by atoms with Gasteiger partial charge in [-0.05, 0) is 29.8 Å². The third kappa shape index (κ3) is 3.42. The van der Waals surface area contributed by atoms with Crippen LogP contribution in [0.15, 0.2) is 29.4 Å². The summed E-state index contributed by atoms with van der Waals surface area (Å²) in [6, 6.07) is 5.84. The van der Waals surface area contributed by atoms with Crippen LogP contribution in [-0.2, 0) is 4.74 Å². The van der Waals surface area contributed by atoms with Gasteiger partial charge in [0.05, 0.1) is 6.61 Å². The minimum absolute atomic E-state index is 0.245. The highest BCUT2D eigenvalue weighted by molar-refractivity contribution is 5.41. The first kappa shape index (κ1) is 15.5. The van der Waals surface area contributed by atoms with Crippen LogP contribution < -0.4 is 9.84 Å². The predicted molar refractivity (Wildman–Crippen MR) is 67.4 cm³/mol. The summed E-state index contributed by atoms with van der Waals surface area (Å²) < 4.78 is 10.2. The SMILES string of the molecule is [N-]=[N+]=Nc1ccc(O[C@H]2C([O-])O[C@H](CO)[C@@H](O)[C@@H]2O)cc1. The van der Waals surface area contributed by atoms with Gasteiger partial charge in [-0.15, -0.1) is 0 Å². The molecule has 0 aliphatic carbocycles. The van der Waals surface area contributed by atoms with Gasteiger partial charge in [0.25, 0.3) is 0 Å². The normalized spacial score (nSPS) is 32.3. The Morgan fingerprint density at radius 3 is 2.52 bits per heavy atom. The van der Waals surface area contributed by atoms with Crippen LogP contribution in [0.5, 0.6) is 5.75 Å². The lowest BCUT2D eigenvalue weighted by atomic mass is 9.99. The molecule has 1 aromatic rings. The molecule has 2 rings (SSSR count). The van der Waals surface area contributed by atoms with Crippen LogP contribution in [0.1, 0.15) is 0 Å². The van der Waals surface area contributed by atoms with Gasteiger partial charge < -0.3 is 29.9 Å². The highest BCUT2D eigenvalue weighted by Crippen LogP contribution is 2.25. The summed E-state index contributed by atoms with van der Waals surface area (Å²) in [7, 11) is 0. The van der Waals surface area contributed by atoms with Crippen LogP contribution in [-0.4, -0.2) is 52.6 Å². The largest absolute Gasteiger partial charge is 0.828 e. The van der Waals surface area contributed by atoms with E-state index in [-0.39, 0.29) is 5.75 Å². The molecule has 0 spiro atoms. The number of hydrogen-bond donors (Lipinski definition) is 3. The zero-order valence-electron chi connectivity index (χ0n) is 10.8. The number of aliphatic hydroxyl groups excluding tert-OH is 3. The fourth-order valence-corrected chi connectivity index (χ4v) is 1.98. The first-order chi connectivity index (χ1) is 10.1. The number of hydrogen-bond acceptors (Lipinski definition) is 7. The molecule has 0 radical (unpaired) electrons. The van der Waals surface area contributed by atoms with Crippen LogP contribution in [0.25, 0.3) is 10.4 Å². The fraction of sp³-hybridized carbons (Fsp3) is 0.500. The van der Waals surface area contributed by atoms with E-state index in [9.17, 15) is 15.3 Å². The Hall–Kier alpha value is -1.87. The average Bonchev–Trinajstić information content (AvgIpc) is 2.49. The molecule has 9 nitrogen and oxygen atoms in total. The Morgan fingerprint density at radius 1 is 1.29 bits per heavy atom. The van der Waals surface area contributed by atoms with Gasteiger partial charge in [0.1, 0.15) is 30.2 Å². The monoisotopic (exact) mass is 296 g/mol. The summed E-state index contributed by atoms with van der Waals surface area (Å²) in [6.45, 7) is -0.579. The summed E-state index contributed by atoms with van der Waals surface area (Å²) in [4.78, 5) is 2.62. The van der Waals surface area contributed by atoms with Crippen molar-refractivity contribution in [2.75, 3.05) is 6.61 Å². The van der Waals surface area contributed by atoms with Crippen LogP contribution in [0.2, 0.25) is 0 Å². The molecule has 1 aliphatic heterocycles. The molecule has 1 fully saturated rings. The molecule has 1 aromatic carbocycles. The lowest BCUT2D eigenvalue weighted by molar-refractivity contribution is -0.530. The van der Waals surface area contributed by atoms with Crippen LogP contribution >= 0.6 is 0 Å². The molecule has 5 atom stereocenters. The first-order valence-electron chi connectivity index (χ1n) is 6.17. The van der Waals surface area contributed by atoms with Gasteiger partial charge in [0.15, 0.2) is 0 Å². The lowest BCUT2D eigenvalue weighted by Crippen LogP contribution is -2.64. The van der Waals surface area contributed by atoms with E-state index in [2.05, 4.69) is 10.0 Å². The van der Waals surface area contributed by atoms with Crippen molar-refractivity contribution in [3.05, 3.63) is 34.7 Å². The number of aliphatic hydroxyl groups is 3. The van der Waals surface area contributed by atoms with E-state index in [0.717, 1.165) is 0 Å². The quantitative estimate of drug-likeness (QED) is 0.375. The van der Waals surface area contributed by atoms with Crippen LogP contribution in [0, 0.1) is 0 Å². The number of rotatable bonds is 4. The predicted octanol–water partition coefficient (Wildman–Crippen LogP) is -0.825. The van der Waals surface area contributed by atoms with Gasteiger partial charge in [-0.25, -0.2) is 0 Å². The van der Waals surface area contributed by atoms with Crippen molar-refractivity contribution in [2.24, 2.45) is 5.11 Å². The standard InChI is InChI=1S/C12H14N3O6/c13-15-14-6-1-3-7(4-2-6)20-11-10(18)9(17)8(5-16)21-12(11)19/h1-4,8-12,16-18H,5H2/q-1/t8-,9-,10+,11-,12?/m1/s1. The summed E-state index contributed by atoms with van der Waals surface area (Å²) >= 11 is 0. The Balaban J connectivity index is 2.09. The van der Waals surface area contributed by atoms with E-state index in [1.165, 1.54) is 24.3 Å². The Morgan fingerprint density at radius 2 is 1.95 bits per heavy atom. The zero-order chi connectivity index (χ0) is 15.4. The fourth-order valence-electron chi connectivity index (χ4n) is 1.98. The molecule has 0 amide bonds. The van der Waals surface area contributed by atoms with Crippen molar-refractivity contribution in [3.8, 4) is 5.75 Å². The molecular formula is C12H14N3O6-. The van der Waals surface area contributed by atoms with Gasteiger partial charge in [-0.3, -0.25) is 0 Å². The van der Waals surface area contributed by atoms with Crippen molar-refractivity contribution in [1.29, 1.82) is 0 Å². The third-order valence-corrected chi connectivity index (χ3v) is 3.09. The molecule has 0 aromatic heterocycles. The number of azide groups is 1. The van der Waals surface area contributed by atoms with E-state index >= 15 is 0 Å². The number of ether oxygens (including phenoxy) is 2. The molecular weight excluding hydrogens is 282 g/mol. The molecule has 114 valence electrons. The molecule has 1 heterocycles. The zero-order valence-corrected chi connectivity index (χ0v) is 10.8. The van der Waals surface area contributed by atoms with Gasteiger partial charge in [0, 0.05) is 16.9 Å². The molecule has 0 saturated carbocycles. The van der Waals surface area contributed by atoms with Crippen molar-refractivity contribution >= 4 is 5.69 Å². The van der Waals surface area contributed by atoms with Crippen molar-refractivity contribution in [2.45, 2.75) is 30.7 Å². The van der Waals surface area contributed by atoms with Crippen LogP contribution in [0.3, 0.4) is 0 Å². The maximum absolute atomic E-state index is 11.8. The highest BCUT2D eigenvalue weighted by Gasteiger charge is 2.41. The first-order valence-corrected chi connectivity index (χ1v) is 6.17. The van der Waals surface area contributed by atoms with Gasteiger partial charge >= 0.3 is 0 Å². The molecule has 9 heteroatoms. The van der Waals surface area contributed by atoms with E-state index in [1.807, 2.05) is 0 Å². The molecule has 1 saturated heterocycles. The van der Waals surface area contributed by atoms with Gasteiger partial charge in [-0.2, -0.15) is 0 Å². The van der Waals surface area contributed by atoms with E-state index in [1.54, 1.807) is 0 Å². The Bertz CT molecular complexity index is 518. The molecule has 1 aliphatic rings. The summed E-state index contributed by atoms with van der Waals surface area (Å²) in [5.74, 6) is 0.245. The summed E-state index contributed by atoms with van der Waals surface area (Å²) in [6.07, 6.45) is -7.14. The molecule has 21 heavy (non-hydrogen) atoms. The smallest absolute Gasteiger partial charge is 0.138 e.